The number of hydrogen-bond acceptors (Lipinski definition) is 4. The molecule has 1 saturated heterocycles. The summed E-state index contributed by atoms with van der Waals surface area (Å²) in [5, 5.41) is 2.50. The molecule has 0 saturated carbocycles. The molecule has 0 unspecified atom stereocenters. The number of alkyl halides is 4. The van der Waals surface area contributed by atoms with E-state index < -0.39 is 48.5 Å². The van der Waals surface area contributed by atoms with Gasteiger partial charge >= 0.3 is 0 Å². The topological polar surface area (TPSA) is 67.2 Å². The number of nitrogens with one attached hydrogen (secondary N) is 1. The molecule has 1 aliphatic rings. The summed E-state index contributed by atoms with van der Waals surface area (Å²) in [5.74, 6) is -5.15. The number of pyridine rings is 2. The molecule has 31 heavy (non-hydrogen) atoms. The van der Waals surface area contributed by atoms with Gasteiger partial charge in [0.1, 0.15) is 11.6 Å². The molecular formula is C20H21F5N4O2. The summed E-state index contributed by atoms with van der Waals surface area (Å²) in [7, 11) is 0. The summed E-state index contributed by atoms with van der Waals surface area (Å²) in [5.41, 5.74) is -0.596. The molecule has 1 aliphatic heterocycles. The van der Waals surface area contributed by atoms with E-state index in [1.807, 2.05) is 0 Å². The second-order valence-corrected chi connectivity index (χ2v) is 7.37. The molecule has 11 heteroatoms. The zero-order valence-corrected chi connectivity index (χ0v) is 16.4. The van der Waals surface area contributed by atoms with E-state index in [0.29, 0.717) is 0 Å². The predicted molar refractivity (Wildman–Crippen MR) is 103 cm³/mol. The van der Waals surface area contributed by atoms with Crippen LogP contribution < -0.4 is 10.9 Å². The molecule has 0 aromatic carbocycles. The van der Waals surface area contributed by atoms with Gasteiger partial charge in [0.15, 0.2) is 0 Å². The lowest BCUT2D eigenvalue weighted by Gasteiger charge is -2.38. The van der Waals surface area contributed by atoms with Crippen LogP contribution in [0.1, 0.15) is 24.3 Å². The number of carbonyl (C=O) groups is 1. The summed E-state index contributed by atoms with van der Waals surface area (Å²) >= 11 is 0. The predicted octanol–water partition coefficient (Wildman–Crippen LogP) is 3.10. The molecule has 2 aromatic heterocycles. The minimum atomic E-state index is -3.08. The number of likely N-dealkylation sites (tertiary alicyclic amines) is 1. The number of anilines is 1. The summed E-state index contributed by atoms with van der Waals surface area (Å²) in [4.78, 5) is 29.2. The van der Waals surface area contributed by atoms with Gasteiger partial charge in [0.05, 0.1) is 18.7 Å². The van der Waals surface area contributed by atoms with Crippen molar-refractivity contribution in [1.29, 1.82) is 0 Å². The minimum Gasteiger partial charge on any atom is -0.311 e. The Morgan fingerprint density at radius 1 is 1.26 bits per heavy atom. The average molecular weight is 444 g/mol. The van der Waals surface area contributed by atoms with Crippen molar-refractivity contribution in [3.63, 3.8) is 0 Å². The van der Waals surface area contributed by atoms with E-state index in [-0.39, 0.29) is 37.4 Å². The zero-order valence-electron chi connectivity index (χ0n) is 16.4. The fourth-order valence-corrected chi connectivity index (χ4v) is 3.48. The number of piperidine rings is 1. The summed E-state index contributed by atoms with van der Waals surface area (Å²) in [6.45, 7) is -0.716. The van der Waals surface area contributed by atoms with E-state index in [2.05, 4.69) is 10.3 Å². The van der Waals surface area contributed by atoms with Crippen molar-refractivity contribution in [3.8, 4) is 0 Å². The number of aromatic nitrogens is 2. The van der Waals surface area contributed by atoms with E-state index in [4.69, 9.17) is 0 Å². The van der Waals surface area contributed by atoms with E-state index in [9.17, 15) is 31.5 Å². The normalized spacial score (nSPS) is 18.8. The van der Waals surface area contributed by atoms with E-state index in [1.165, 1.54) is 12.1 Å². The molecule has 3 heterocycles. The maximum Gasteiger partial charge on any atom is 0.257 e. The second-order valence-electron chi connectivity index (χ2n) is 7.37. The monoisotopic (exact) mass is 444 g/mol. The third-order valence-electron chi connectivity index (χ3n) is 5.11. The lowest BCUT2D eigenvalue weighted by molar-refractivity contribution is -0.117. The maximum absolute atomic E-state index is 14.6. The molecule has 0 radical (unpaired) electrons. The van der Waals surface area contributed by atoms with Gasteiger partial charge < -0.3 is 14.8 Å². The molecule has 0 bridgehead atoms. The molecule has 168 valence electrons. The number of nitrogens with zero attached hydrogens (tertiary/aromatic N) is 3. The Bertz CT molecular complexity index is 965. The highest BCUT2D eigenvalue weighted by molar-refractivity contribution is 5.89. The Labute approximate surface area is 174 Å². The van der Waals surface area contributed by atoms with Crippen LogP contribution >= 0.6 is 0 Å². The molecule has 2 aromatic rings. The Hall–Kier alpha value is -2.82. The van der Waals surface area contributed by atoms with Crippen LogP contribution in [0.4, 0.5) is 27.8 Å². The number of hydrogen-bond donors (Lipinski definition) is 1. The second kappa shape index (κ2) is 9.54. The van der Waals surface area contributed by atoms with Crippen molar-refractivity contribution in [1.82, 2.24) is 14.5 Å². The van der Waals surface area contributed by atoms with Crippen LogP contribution in [-0.4, -0.2) is 52.3 Å². The Morgan fingerprint density at radius 3 is 2.71 bits per heavy atom. The number of halogens is 5. The van der Waals surface area contributed by atoms with Gasteiger partial charge in [-0.3, -0.25) is 9.59 Å². The van der Waals surface area contributed by atoms with Crippen LogP contribution in [-0.2, 0) is 11.3 Å². The maximum atomic E-state index is 14.6. The highest BCUT2D eigenvalue weighted by Crippen LogP contribution is 2.40. The van der Waals surface area contributed by atoms with Gasteiger partial charge in [-0.05, 0) is 17.7 Å². The van der Waals surface area contributed by atoms with Crippen molar-refractivity contribution >= 4 is 11.7 Å². The Morgan fingerprint density at radius 2 is 2.03 bits per heavy atom. The third-order valence-corrected chi connectivity index (χ3v) is 5.11. The van der Waals surface area contributed by atoms with Crippen LogP contribution in [0.15, 0.2) is 41.5 Å². The van der Waals surface area contributed by atoms with Crippen LogP contribution in [0.2, 0.25) is 0 Å². The van der Waals surface area contributed by atoms with E-state index in [1.54, 1.807) is 4.90 Å². The van der Waals surface area contributed by atoms with Crippen LogP contribution in [0, 0.1) is 5.82 Å². The molecule has 0 spiro atoms. The Kier molecular flexibility index (Phi) is 7.04. The standard InChI is InChI=1S/C20H21F5N4O2/c21-14-2-3-17(26-9-14)27-18(30)5-7-28-8-6-20(24,25)15(11-28)13-1-4-19(31)29(10-13)12-16(22)23/h1-4,9-10,15-16H,5-8,11-12H2,(H,26,27,30)/t15-/m1/s1. The number of rotatable bonds is 7. The fraction of sp³-hybridized carbons (Fsp3) is 0.450. The van der Waals surface area contributed by atoms with Crippen LogP contribution in [0.5, 0.6) is 0 Å². The largest absolute Gasteiger partial charge is 0.311 e. The Balaban J connectivity index is 1.64. The summed E-state index contributed by atoms with van der Waals surface area (Å²) in [6.07, 6.45) is -1.23. The highest BCUT2D eigenvalue weighted by atomic mass is 19.3. The summed E-state index contributed by atoms with van der Waals surface area (Å²) < 4.78 is 68.0. The van der Waals surface area contributed by atoms with Gasteiger partial charge in [-0.15, -0.1) is 0 Å². The van der Waals surface area contributed by atoms with Gasteiger partial charge in [0.25, 0.3) is 17.9 Å². The molecular weight excluding hydrogens is 423 g/mol. The smallest absolute Gasteiger partial charge is 0.257 e. The van der Waals surface area contributed by atoms with E-state index >= 15 is 0 Å². The first-order valence-electron chi connectivity index (χ1n) is 9.64. The molecule has 1 atom stereocenters. The van der Waals surface area contributed by atoms with Gasteiger partial charge in [-0.2, -0.15) is 0 Å². The summed E-state index contributed by atoms with van der Waals surface area (Å²) in [6, 6.07) is 4.70. The molecule has 1 N–H and O–H groups in total. The molecule has 1 amide bonds. The lowest BCUT2D eigenvalue weighted by atomic mass is 9.87. The van der Waals surface area contributed by atoms with Gasteiger partial charge in [0, 0.05) is 44.7 Å². The average Bonchev–Trinajstić information content (AvgIpc) is 2.70. The molecule has 0 aliphatic carbocycles. The molecule has 3 rings (SSSR count). The fourth-order valence-electron chi connectivity index (χ4n) is 3.48. The van der Waals surface area contributed by atoms with Crippen LogP contribution in [0.3, 0.4) is 0 Å². The van der Waals surface area contributed by atoms with Crippen LogP contribution in [0.25, 0.3) is 0 Å². The quantitative estimate of drug-likeness (QED) is 0.667. The first-order chi connectivity index (χ1) is 14.6. The third kappa shape index (κ3) is 6.09. The molecule has 6 nitrogen and oxygen atoms in total. The lowest BCUT2D eigenvalue weighted by Crippen LogP contribution is -2.46. The zero-order chi connectivity index (χ0) is 22.6. The van der Waals surface area contributed by atoms with Crippen molar-refractivity contribution in [2.45, 2.75) is 37.7 Å². The SMILES string of the molecule is O=C(CCN1CCC(F)(F)[C@@H](c2ccc(=O)n(CC(F)F)c2)C1)Nc1ccc(F)cn1. The van der Waals surface area contributed by atoms with Crippen molar-refractivity contribution in [2.24, 2.45) is 0 Å². The van der Waals surface area contributed by atoms with Gasteiger partial charge in [0.2, 0.25) is 5.91 Å². The highest BCUT2D eigenvalue weighted by Gasteiger charge is 2.45. The number of amides is 1. The van der Waals surface area contributed by atoms with Crippen molar-refractivity contribution in [2.75, 3.05) is 25.0 Å². The first kappa shape index (κ1) is 22.9. The van der Waals surface area contributed by atoms with Crippen molar-refractivity contribution in [3.05, 3.63) is 58.4 Å². The van der Waals surface area contributed by atoms with Gasteiger partial charge in [-0.1, -0.05) is 6.07 Å². The van der Waals surface area contributed by atoms with Crippen molar-refractivity contribution < 1.29 is 26.7 Å². The number of carbonyl (C=O) groups excluding carboxylic acids is 1. The minimum absolute atomic E-state index is 0.00221. The first-order valence-corrected chi connectivity index (χ1v) is 9.64. The molecule has 1 fully saturated rings. The van der Waals surface area contributed by atoms with E-state index in [0.717, 1.165) is 29.1 Å². The van der Waals surface area contributed by atoms with Gasteiger partial charge in [-0.25, -0.2) is 26.9 Å².